The lowest BCUT2D eigenvalue weighted by atomic mass is 9.70. The Labute approximate surface area is 120 Å². The minimum atomic E-state index is 0.490. The zero-order valence-electron chi connectivity index (χ0n) is 13.5. The molecule has 0 aromatic rings. The number of nitrogens with zero attached hydrogens (tertiary/aromatic N) is 1. The lowest BCUT2D eigenvalue weighted by molar-refractivity contribution is 0.0956. The van der Waals surface area contributed by atoms with Crippen molar-refractivity contribution in [3.05, 3.63) is 0 Å². The molecule has 0 heterocycles. The van der Waals surface area contributed by atoms with Crippen LogP contribution in [0.1, 0.15) is 46.0 Å². The van der Waals surface area contributed by atoms with Gasteiger partial charge >= 0.3 is 0 Å². The lowest BCUT2D eigenvalue weighted by Gasteiger charge is -2.42. The molecule has 0 bridgehead atoms. The first-order valence-electron chi connectivity index (χ1n) is 8.00. The number of ether oxygens (including phenoxy) is 1. The van der Waals surface area contributed by atoms with Crippen LogP contribution in [0.3, 0.4) is 0 Å². The third-order valence-electron chi connectivity index (χ3n) is 4.53. The molecular formula is C16H34N2O. The Morgan fingerprint density at radius 2 is 2.00 bits per heavy atom. The molecule has 3 heteroatoms. The molecule has 0 aromatic carbocycles. The fourth-order valence-corrected chi connectivity index (χ4v) is 3.33. The second-order valence-corrected chi connectivity index (χ2v) is 6.59. The van der Waals surface area contributed by atoms with E-state index < -0.39 is 0 Å². The van der Waals surface area contributed by atoms with Gasteiger partial charge < -0.3 is 15.0 Å². The van der Waals surface area contributed by atoms with Gasteiger partial charge in [-0.05, 0) is 44.2 Å². The summed E-state index contributed by atoms with van der Waals surface area (Å²) in [6.07, 6.45) is 6.79. The van der Waals surface area contributed by atoms with E-state index in [2.05, 4.69) is 31.1 Å². The van der Waals surface area contributed by atoms with Crippen LogP contribution in [0.4, 0.5) is 0 Å². The van der Waals surface area contributed by atoms with Crippen molar-refractivity contribution in [2.45, 2.75) is 46.0 Å². The first kappa shape index (κ1) is 16.9. The molecule has 1 saturated carbocycles. The molecule has 0 aliphatic heterocycles. The van der Waals surface area contributed by atoms with E-state index in [1.807, 2.05) is 0 Å². The quantitative estimate of drug-likeness (QED) is 0.652. The van der Waals surface area contributed by atoms with Gasteiger partial charge in [0.25, 0.3) is 0 Å². The molecule has 0 saturated heterocycles. The summed E-state index contributed by atoms with van der Waals surface area (Å²) in [5.41, 5.74) is 0.490. The number of nitrogens with one attached hydrogen (secondary N) is 1. The van der Waals surface area contributed by atoms with Crippen molar-refractivity contribution < 1.29 is 4.74 Å². The highest BCUT2D eigenvalue weighted by atomic mass is 16.5. The summed E-state index contributed by atoms with van der Waals surface area (Å²) < 4.78 is 5.13. The van der Waals surface area contributed by atoms with Gasteiger partial charge in [0.15, 0.2) is 0 Å². The van der Waals surface area contributed by atoms with Crippen LogP contribution in [0.5, 0.6) is 0 Å². The molecular weight excluding hydrogens is 236 g/mol. The van der Waals surface area contributed by atoms with Gasteiger partial charge in [-0.3, -0.25) is 0 Å². The molecule has 0 amide bonds. The van der Waals surface area contributed by atoms with Crippen molar-refractivity contribution in [2.75, 3.05) is 46.9 Å². The number of hydrogen-bond acceptors (Lipinski definition) is 3. The zero-order chi connectivity index (χ0) is 14.1. The summed E-state index contributed by atoms with van der Waals surface area (Å²) in [5, 5.41) is 3.61. The van der Waals surface area contributed by atoms with Crippen molar-refractivity contribution in [3.63, 3.8) is 0 Å². The number of hydrogen-bond donors (Lipinski definition) is 1. The fourth-order valence-electron chi connectivity index (χ4n) is 3.33. The molecule has 1 aliphatic carbocycles. The maximum Gasteiger partial charge on any atom is 0.0587 e. The van der Waals surface area contributed by atoms with Gasteiger partial charge in [-0.2, -0.15) is 0 Å². The summed E-state index contributed by atoms with van der Waals surface area (Å²) in [6.45, 7) is 10.1. The van der Waals surface area contributed by atoms with Gasteiger partial charge in [-0.25, -0.2) is 0 Å². The normalized spacial score (nSPS) is 27.9. The standard InChI is InChI=1S/C16H34N2O/c1-5-11-18(3)14-16(13-17-10-12-19-4)8-6-15(2)7-9-16/h15,17H,5-14H2,1-4H3. The van der Waals surface area contributed by atoms with Gasteiger partial charge in [0.2, 0.25) is 0 Å². The molecule has 0 unspecified atom stereocenters. The van der Waals surface area contributed by atoms with Crippen molar-refractivity contribution >= 4 is 0 Å². The molecule has 1 fully saturated rings. The highest BCUT2D eigenvalue weighted by Gasteiger charge is 2.34. The smallest absolute Gasteiger partial charge is 0.0587 e. The van der Waals surface area contributed by atoms with E-state index in [1.54, 1.807) is 7.11 Å². The second kappa shape index (κ2) is 8.93. The monoisotopic (exact) mass is 270 g/mol. The predicted octanol–water partition coefficient (Wildman–Crippen LogP) is 2.76. The van der Waals surface area contributed by atoms with Crippen LogP contribution in [0.15, 0.2) is 0 Å². The highest BCUT2D eigenvalue weighted by Crippen LogP contribution is 2.39. The van der Waals surface area contributed by atoms with E-state index in [1.165, 1.54) is 45.2 Å². The highest BCUT2D eigenvalue weighted by molar-refractivity contribution is 4.88. The summed E-state index contributed by atoms with van der Waals surface area (Å²) in [6, 6.07) is 0. The summed E-state index contributed by atoms with van der Waals surface area (Å²) in [5.74, 6) is 0.920. The molecule has 0 atom stereocenters. The fraction of sp³-hybridized carbons (Fsp3) is 1.00. The molecule has 114 valence electrons. The molecule has 0 radical (unpaired) electrons. The predicted molar refractivity (Wildman–Crippen MR) is 82.6 cm³/mol. The molecule has 1 aliphatic rings. The molecule has 19 heavy (non-hydrogen) atoms. The maximum absolute atomic E-state index is 5.13. The third kappa shape index (κ3) is 6.24. The Kier molecular flexibility index (Phi) is 7.96. The maximum atomic E-state index is 5.13. The van der Waals surface area contributed by atoms with Gasteiger partial charge in [-0.1, -0.05) is 26.7 Å². The lowest BCUT2D eigenvalue weighted by Crippen LogP contribution is -2.45. The Morgan fingerprint density at radius 1 is 1.32 bits per heavy atom. The zero-order valence-corrected chi connectivity index (χ0v) is 13.5. The van der Waals surface area contributed by atoms with E-state index in [0.29, 0.717) is 5.41 Å². The summed E-state index contributed by atoms with van der Waals surface area (Å²) >= 11 is 0. The van der Waals surface area contributed by atoms with Crippen LogP contribution in [-0.2, 0) is 4.74 Å². The van der Waals surface area contributed by atoms with Crippen LogP contribution < -0.4 is 5.32 Å². The van der Waals surface area contributed by atoms with Crippen LogP contribution >= 0.6 is 0 Å². The topological polar surface area (TPSA) is 24.5 Å². The molecule has 0 spiro atoms. The Morgan fingerprint density at radius 3 is 2.58 bits per heavy atom. The SMILES string of the molecule is CCCN(C)CC1(CNCCOC)CCC(C)CC1. The van der Waals surface area contributed by atoms with Gasteiger partial charge in [0, 0.05) is 26.7 Å². The molecule has 1 rings (SSSR count). The minimum absolute atomic E-state index is 0.490. The minimum Gasteiger partial charge on any atom is -0.383 e. The first-order valence-corrected chi connectivity index (χ1v) is 8.00. The van der Waals surface area contributed by atoms with Gasteiger partial charge in [0.05, 0.1) is 6.61 Å². The summed E-state index contributed by atoms with van der Waals surface area (Å²) in [4.78, 5) is 2.52. The van der Waals surface area contributed by atoms with Gasteiger partial charge in [-0.15, -0.1) is 0 Å². The molecule has 3 nitrogen and oxygen atoms in total. The van der Waals surface area contributed by atoms with Crippen molar-refractivity contribution in [2.24, 2.45) is 11.3 Å². The van der Waals surface area contributed by atoms with Crippen molar-refractivity contribution in [1.82, 2.24) is 10.2 Å². The van der Waals surface area contributed by atoms with Crippen LogP contribution in [-0.4, -0.2) is 51.8 Å². The van der Waals surface area contributed by atoms with E-state index in [9.17, 15) is 0 Å². The Hall–Kier alpha value is -0.120. The van der Waals surface area contributed by atoms with Gasteiger partial charge in [0.1, 0.15) is 0 Å². The number of methoxy groups -OCH3 is 1. The second-order valence-electron chi connectivity index (χ2n) is 6.59. The molecule has 1 N–H and O–H groups in total. The average Bonchev–Trinajstić information content (AvgIpc) is 2.39. The van der Waals surface area contributed by atoms with Crippen molar-refractivity contribution in [3.8, 4) is 0 Å². The molecule has 0 aromatic heterocycles. The van der Waals surface area contributed by atoms with E-state index in [0.717, 1.165) is 25.6 Å². The van der Waals surface area contributed by atoms with Crippen LogP contribution in [0.2, 0.25) is 0 Å². The van der Waals surface area contributed by atoms with Crippen LogP contribution in [0, 0.1) is 11.3 Å². The van der Waals surface area contributed by atoms with Crippen LogP contribution in [0.25, 0.3) is 0 Å². The first-order chi connectivity index (χ1) is 9.12. The Balaban J connectivity index is 2.47. The van der Waals surface area contributed by atoms with E-state index in [-0.39, 0.29) is 0 Å². The Bertz CT molecular complexity index is 225. The van der Waals surface area contributed by atoms with E-state index >= 15 is 0 Å². The number of rotatable bonds is 9. The third-order valence-corrected chi connectivity index (χ3v) is 4.53. The summed E-state index contributed by atoms with van der Waals surface area (Å²) in [7, 11) is 4.05. The van der Waals surface area contributed by atoms with Crippen molar-refractivity contribution in [1.29, 1.82) is 0 Å². The van der Waals surface area contributed by atoms with E-state index in [4.69, 9.17) is 4.74 Å². The average molecular weight is 270 g/mol. The largest absolute Gasteiger partial charge is 0.383 e.